The van der Waals surface area contributed by atoms with Gasteiger partial charge in [0, 0.05) is 13.2 Å². The van der Waals surface area contributed by atoms with Crippen LogP contribution in [0.4, 0.5) is 0 Å². The number of aliphatic hydroxyl groups excluding tert-OH is 2. The maximum Gasteiger partial charge on any atom is 1.00 e. The minimum absolute atomic E-state index is 0. The quantitative estimate of drug-likeness (QED) is 0.0388. The van der Waals surface area contributed by atoms with Crippen LogP contribution < -0.4 is 59.1 Å². The molecule has 54 heavy (non-hydrogen) atoms. The molecular weight excluding hydrogens is 763 g/mol. The molecule has 0 saturated heterocycles. The first-order valence-electron chi connectivity index (χ1n) is 20.1. The molecule has 0 aromatic carbocycles. The summed E-state index contributed by atoms with van der Waals surface area (Å²) in [5, 5.41) is 18.5. The first kappa shape index (κ1) is 62.2. The van der Waals surface area contributed by atoms with Crippen molar-refractivity contribution in [3.05, 3.63) is 0 Å². The number of aliphatic hydroxyl groups is 2. The van der Waals surface area contributed by atoms with E-state index in [1.807, 2.05) is 0 Å². The molecule has 0 aromatic rings. The van der Waals surface area contributed by atoms with Crippen LogP contribution in [0.25, 0.3) is 0 Å². The van der Waals surface area contributed by atoms with Crippen LogP contribution in [0.5, 0.6) is 0 Å². The van der Waals surface area contributed by atoms with Gasteiger partial charge in [0.1, 0.15) is 0 Å². The van der Waals surface area contributed by atoms with Crippen molar-refractivity contribution < 1.29 is 118 Å². The summed E-state index contributed by atoms with van der Waals surface area (Å²) in [6, 6.07) is 0. The molecule has 0 aliphatic rings. The number of hydrogen-bond acceptors (Lipinski definition) is 13. The monoisotopic (exact) mass is 838 g/mol. The van der Waals surface area contributed by atoms with Gasteiger partial charge in [-0.3, -0.25) is 0 Å². The van der Waals surface area contributed by atoms with Crippen LogP contribution in [-0.4, -0.2) is 102 Å². The average molecular weight is 839 g/mol. The molecule has 0 amide bonds. The second-order valence-corrected chi connectivity index (χ2v) is 16.0. The molecule has 0 spiro atoms. The van der Waals surface area contributed by atoms with Gasteiger partial charge in [-0.2, -0.15) is 3.63 Å². The van der Waals surface area contributed by atoms with Gasteiger partial charge in [-0.25, -0.2) is 16.8 Å². The number of hydrogen-bond donors (Lipinski definition) is 2. The van der Waals surface area contributed by atoms with E-state index in [4.69, 9.17) is 18.9 Å². The molecule has 0 saturated carbocycles. The smallest absolute Gasteiger partial charge is 0.725 e. The summed E-state index contributed by atoms with van der Waals surface area (Å²) in [6.07, 6.45) is 31.9. The van der Waals surface area contributed by atoms with Crippen LogP contribution >= 0.6 is 0 Å². The largest absolute Gasteiger partial charge is 1.00 e. The van der Waals surface area contributed by atoms with E-state index in [0.29, 0.717) is 39.6 Å². The zero-order chi connectivity index (χ0) is 39.1. The van der Waals surface area contributed by atoms with E-state index >= 15 is 0 Å². The van der Waals surface area contributed by atoms with Crippen molar-refractivity contribution in [3.8, 4) is 0 Å². The molecule has 13 nitrogen and oxygen atoms in total. The molecule has 0 bridgehead atoms. The van der Waals surface area contributed by atoms with Gasteiger partial charge in [-0.15, -0.1) is 0 Å². The second-order valence-electron chi connectivity index (χ2n) is 13.8. The molecule has 0 aliphatic carbocycles. The summed E-state index contributed by atoms with van der Waals surface area (Å²) in [4.78, 5) is 0. The Morgan fingerprint density at radius 3 is 0.833 bits per heavy atom. The number of rotatable bonds is 40. The van der Waals surface area contributed by atoms with Gasteiger partial charge >= 0.3 is 59.1 Å². The van der Waals surface area contributed by atoms with Crippen LogP contribution in [0.3, 0.4) is 0 Å². The molecule has 0 aliphatic heterocycles. The fourth-order valence-corrected chi connectivity index (χ4v) is 6.54. The standard InChI is InChI=1S/C37H76O6.2Na.H2O7S2/c1-3-5-7-9-11-13-15-17-19-21-23-25-29-40-33-37(35-42-31-27-38,36-43-32-28-39)34-41-30-26-24-22-20-18-16-14-12-10-8-6-4-2;;;1-8(2,3)7-9(4,5)6/h38-39H,3-36H2,1-2H3;;;(H,1,2,3)(H,4,5,6)/q;2*+1;/p-2. The van der Waals surface area contributed by atoms with E-state index in [1.54, 1.807) is 0 Å². The zero-order valence-corrected chi connectivity index (χ0v) is 40.4. The van der Waals surface area contributed by atoms with Crippen molar-refractivity contribution in [3.63, 3.8) is 0 Å². The summed E-state index contributed by atoms with van der Waals surface area (Å²) in [5.41, 5.74) is -0.432. The molecule has 316 valence electrons. The molecule has 17 heteroatoms. The van der Waals surface area contributed by atoms with E-state index in [2.05, 4.69) is 17.5 Å². The Bertz CT molecular complexity index is 872. The van der Waals surface area contributed by atoms with E-state index in [0.717, 1.165) is 26.1 Å². The van der Waals surface area contributed by atoms with Gasteiger partial charge in [-0.1, -0.05) is 155 Å². The van der Waals surface area contributed by atoms with E-state index in [1.165, 1.54) is 141 Å². The average Bonchev–Trinajstić information content (AvgIpc) is 3.07. The predicted molar refractivity (Wildman–Crippen MR) is 203 cm³/mol. The molecule has 2 N–H and O–H groups in total. The van der Waals surface area contributed by atoms with Crippen molar-refractivity contribution >= 4 is 20.8 Å². The summed E-state index contributed by atoms with van der Waals surface area (Å²) in [7, 11) is -10.9. The van der Waals surface area contributed by atoms with Crippen molar-refractivity contribution in [1.29, 1.82) is 0 Å². The Labute approximate surface area is 375 Å². The fourth-order valence-electron chi connectivity index (χ4n) is 5.73. The normalized spacial score (nSPS) is 11.8. The van der Waals surface area contributed by atoms with Gasteiger partial charge in [0.25, 0.3) is 0 Å². The Morgan fingerprint density at radius 1 is 0.407 bits per heavy atom. The number of unbranched alkanes of at least 4 members (excludes halogenated alkanes) is 22. The van der Waals surface area contributed by atoms with E-state index in [9.17, 15) is 36.2 Å². The van der Waals surface area contributed by atoms with Crippen LogP contribution in [0.15, 0.2) is 0 Å². The van der Waals surface area contributed by atoms with Crippen LogP contribution in [0.2, 0.25) is 0 Å². The molecule has 0 rings (SSSR count). The third-order valence-corrected chi connectivity index (χ3v) is 9.89. The summed E-state index contributed by atoms with van der Waals surface area (Å²) < 4.78 is 82.0. The first-order chi connectivity index (χ1) is 24.9. The van der Waals surface area contributed by atoms with Crippen molar-refractivity contribution in [1.82, 2.24) is 0 Å². The SMILES string of the molecule is CCCCCCCCCCCCCCOCC(COCCO)(COCCO)COCCCCCCCCCCCCCC.O=S(=O)([O-])OS(=O)(=O)[O-].[Na+].[Na+]. The van der Waals surface area contributed by atoms with E-state index in [-0.39, 0.29) is 72.3 Å². The summed E-state index contributed by atoms with van der Waals surface area (Å²) in [6.45, 7) is 8.41. The van der Waals surface area contributed by atoms with Crippen LogP contribution in [-0.2, 0) is 43.4 Å². The fraction of sp³-hybridized carbons (Fsp3) is 1.00. The third-order valence-electron chi connectivity index (χ3n) is 8.56. The van der Waals surface area contributed by atoms with E-state index < -0.39 is 26.2 Å². The van der Waals surface area contributed by atoms with Gasteiger partial charge in [-0.05, 0) is 12.8 Å². The maximum atomic E-state index is 9.29. The Kier molecular flexibility index (Phi) is 52.5. The number of ether oxygens (including phenoxy) is 4. The van der Waals surface area contributed by atoms with Gasteiger partial charge in [0.15, 0.2) is 0 Å². The zero-order valence-electron chi connectivity index (χ0n) is 34.7. The predicted octanol–water partition coefficient (Wildman–Crippen LogP) is 1.36. The third kappa shape index (κ3) is 51.6. The molecule has 0 heterocycles. The first-order valence-corrected chi connectivity index (χ1v) is 22.8. The van der Waals surface area contributed by atoms with Crippen LogP contribution in [0, 0.1) is 5.41 Å². The summed E-state index contributed by atoms with van der Waals surface area (Å²) in [5.74, 6) is 0. The van der Waals surface area contributed by atoms with Crippen molar-refractivity contribution in [2.45, 2.75) is 168 Å². The van der Waals surface area contributed by atoms with Crippen LogP contribution in [0.1, 0.15) is 168 Å². The van der Waals surface area contributed by atoms with Crippen molar-refractivity contribution in [2.24, 2.45) is 5.41 Å². The molecule has 0 fully saturated rings. The minimum atomic E-state index is -5.43. The second kappa shape index (κ2) is 45.6. The van der Waals surface area contributed by atoms with Gasteiger partial charge in [0.2, 0.25) is 20.8 Å². The topological polar surface area (TPSA) is 201 Å². The van der Waals surface area contributed by atoms with Crippen molar-refractivity contribution in [2.75, 3.05) is 66.1 Å². The summed E-state index contributed by atoms with van der Waals surface area (Å²) >= 11 is 0. The Balaban J connectivity index is -0.000000999. The molecule has 0 unspecified atom stereocenters. The molecule has 0 radical (unpaired) electrons. The molecular formula is C37H76Na2O13S2. The molecule has 0 atom stereocenters. The van der Waals surface area contributed by atoms with Gasteiger partial charge < -0.3 is 38.3 Å². The maximum absolute atomic E-state index is 9.29. The van der Waals surface area contributed by atoms with Gasteiger partial charge in [0.05, 0.1) is 58.3 Å². The Morgan fingerprint density at radius 2 is 0.630 bits per heavy atom. The Hall–Kier alpha value is 1.54. The minimum Gasteiger partial charge on any atom is -0.725 e. The molecule has 0 aromatic heterocycles.